The lowest BCUT2D eigenvalue weighted by Gasteiger charge is -2.10. The van der Waals surface area contributed by atoms with E-state index in [4.69, 9.17) is 10.00 Å². The quantitative estimate of drug-likeness (QED) is 0.907. The van der Waals surface area contributed by atoms with Gasteiger partial charge in [0.2, 0.25) is 0 Å². The smallest absolute Gasteiger partial charge is 0.174 e. The minimum atomic E-state index is 0.0850. The van der Waals surface area contributed by atoms with Crippen LogP contribution in [0.1, 0.15) is 23.1 Å². The van der Waals surface area contributed by atoms with E-state index in [1.807, 2.05) is 24.3 Å². The van der Waals surface area contributed by atoms with E-state index >= 15 is 0 Å². The zero-order valence-corrected chi connectivity index (χ0v) is 11.9. The Kier molecular flexibility index (Phi) is 4.07. The van der Waals surface area contributed by atoms with E-state index in [2.05, 4.69) is 29.6 Å². The second-order valence-corrected chi connectivity index (χ2v) is 5.28. The Balaban J connectivity index is 1.63. The van der Waals surface area contributed by atoms with Crippen molar-refractivity contribution in [1.29, 1.82) is 5.26 Å². The van der Waals surface area contributed by atoms with Gasteiger partial charge in [0.25, 0.3) is 0 Å². The van der Waals surface area contributed by atoms with Crippen LogP contribution in [0.25, 0.3) is 0 Å². The summed E-state index contributed by atoms with van der Waals surface area (Å²) in [6.45, 7) is 0.838. The summed E-state index contributed by atoms with van der Waals surface area (Å²) in [5.41, 5.74) is 5.28. The number of ether oxygens (including phenoxy) is 1. The topological polar surface area (TPSA) is 45.0 Å². The normalized spacial score (nSPS) is 12.5. The lowest BCUT2D eigenvalue weighted by atomic mass is 10.1. The van der Waals surface area contributed by atoms with Crippen LogP contribution in [0, 0.1) is 11.3 Å². The molecule has 3 nitrogen and oxygen atoms in total. The molecule has 106 valence electrons. The molecule has 0 saturated carbocycles. The van der Waals surface area contributed by atoms with Crippen LogP contribution in [0.4, 0.5) is 5.69 Å². The Bertz CT molecular complexity index is 673. The van der Waals surface area contributed by atoms with E-state index in [0.717, 1.165) is 17.9 Å². The summed E-state index contributed by atoms with van der Waals surface area (Å²) >= 11 is 0. The summed E-state index contributed by atoms with van der Waals surface area (Å²) in [5, 5.41) is 12.0. The zero-order chi connectivity index (χ0) is 14.5. The summed E-state index contributed by atoms with van der Waals surface area (Å²) in [6, 6.07) is 16.5. The zero-order valence-electron chi connectivity index (χ0n) is 11.9. The number of nitrogens with one attached hydrogen (secondary N) is 1. The van der Waals surface area contributed by atoms with Crippen LogP contribution in [-0.2, 0) is 19.4 Å². The molecule has 0 amide bonds. The molecule has 3 heteroatoms. The van der Waals surface area contributed by atoms with Crippen molar-refractivity contribution in [3.63, 3.8) is 0 Å². The van der Waals surface area contributed by atoms with Gasteiger partial charge in [0.05, 0.1) is 0 Å². The first kappa shape index (κ1) is 13.5. The molecule has 1 N–H and O–H groups in total. The standard InChI is InChI=1S/C18H18N2O/c19-9-10-21-18-6-1-3-14(11-18)13-20-17-8-7-15-4-2-5-16(15)12-17/h1,3,6-8,11-12,20H,2,4-5,10,13H2. The van der Waals surface area contributed by atoms with E-state index in [1.54, 1.807) is 0 Å². The van der Waals surface area contributed by atoms with Gasteiger partial charge in [0, 0.05) is 12.2 Å². The van der Waals surface area contributed by atoms with Crippen LogP contribution in [0.3, 0.4) is 0 Å². The summed E-state index contributed by atoms with van der Waals surface area (Å²) in [5.74, 6) is 0.741. The largest absolute Gasteiger partial charge is 0.479 e. The maximum absolute atomic E-state index is 8.54. The second-order valence-electron chi connectivity index (χ2n) is 5.28. The lowest BCUT2D eigenvalue weighted by molar-refractivity contribution is 0.368. The summed E-state index contributed by atoms with van der Waals surface area (Å²) in [6.07, 6.45) is 3.69. The van der Waals surface area contributed by atoms with Crippen LogP contribution in [0.5, 0.6) is 5.75 Å². The average Bonchev–Trinajstić information content (AvgIpc) is 2.99. The Morgan fingerprint density at radius 1 is 1.10 bits per heavy atom. The predicted octanol–water partition coefficient (Wildman–Crippen LogP) is 3.69. The molecule has 1 aliphatic carbocycles. The molecule has 21 heavy (non-hydrogen) atoms. The molecule has 0 unspecified atom stereocenters. The maximum Gasteiger partial charge on any atom is 0.174 e. The molecule has 0 fully saturated rings. The lowest BCUT2D eigenvalue weighted by Crippen LogP contribution is -2.01. The van der Waals surface area contributed by atoms with Crippen LogP contribution < -0.4 is 10.1 Å². The number of benzene rings is 2. The van der Waals surface area contributed by atoms with Gasteiger partial charge in [-0.05, 0) is 60.2 Å². The first-order valence-corrected chi connectivity index (χ1v) is 7.29. The Labute approximate surface area is 125 Å². The minimum absolute atomic E-state index is 0.0850. The number of anilines is 1. The third-order valence-electron chi connectivity index (χ3n) is 3.80. The fourth-order valence-corrected chi connectivity index (χ4v) is 2.75. The summed E-state index contributed by atoms with van der Waals surface area (Å²) in [4.78, 5) is 0. The number of hydrogen-bond acceptors (Lipinski definition) is 3. The van der Waals surface area contributed by atoms with Crippen LogP contribution >= 0.6 is 0 Å². The fraction of sp³-hybridized carbons (Fsp3) is 0.278. The first-order valence-electron chi connectivity index (χ1n) is 7.29. The van der Waals surface area contributed by atoms with E-state index in [9.17, 15) is 0 Å². The number of fused-ring (bicyclic) bond motifs is 1. The van der Waals surface area contributed by atoms with E-state index in [0.29, 0.717) is 0 Å². The molecule has 0 heterocycles. The van der Waals surface area contributed by atoms with Crippen molar-refractivity contribution in [2.45, 2.75) is 25.8 Å². The van der Waals surface area contributed by atoms with Crippen molar-refractivity contribution < 1.29 is 4.74 Å². The molecule has 0 saturated heterocycles. The van der Waals surface area contributed by atoms with Crippen molar-refractivity contribution in [2.24, 2.45) is 0 Å². The monoisotopic (exact) mass is 278 g/mol. The molecule has 0 aromatic heterocycles. The highest BCUT2D eigenvalue weighted by Gasteiger charge is 2.10. The molecule has 0 atom stereocenters. The number of nitrogens with zero attached hydrogens (tertiary/aromatic N) is 1. The van der Waals surface area contributed by atoms with Gasteiger partial charge in [-0.2, -0.15) is 5.26 Å². The molecule has 0 aliphatic heterocycles. The van der Waals surface area contributed by atoms with Crippen molar-refractivity contribution in [1.82, 2.24) is 0 Å². The third kappa shape index (κ3) is 3.35. The molecule has 0 spiro atoms. The number of rotatable bonds is 5. The molecular formula is C18H18N2O. The third-order valence-corrected chi connectivity index (χ3v) is 3.80. The van der Waals surface area contributed by atoms with Crippen LogP contribution in [0.15, 0.2) is 42.5 Å². The number of hydrogen-bond donors (Lipinski definition) is 1. The molecule has 2 aromatic rings. The van der Waals surface area contributed by atoms with Gasteiger partial charge in [-0.15, -0.1) is 0 Å². The van der Waals surface area contributed by atoms with Gasteiger partial charge >= 0.3 is 0 Å². The second kappa shape index (κ2) is 6.32. The van der Waals surface area contributed by atoms with E-state index in [-0.39, 0.29) is 6.61 Å². The molecule has 1 aliphatic rings. The van der Waals surface area contributed by atoms with Gasteiger partial charge < -0.3 is 10.1 Å². The molecule has 3 rings (SSSR count). The van der Waals surface area contributed by atoms with Gasteiger partial charge in [-0.25, -0.2) is 0 Å². The highest BCUT2D eigenvalue weighted by atomic mass is 16.5. The van der Waals surface area contributed by atoms with Crippen molar-refractivity contribution in [2.75, 3.05) is 11.9 Å². The molecule has 0 radical (unpaired) electrons. The Morgan fingerprint density at radius 2 is 2.00 bits per heavy atom. The highest BCUT2D eigenvalue weighted by Crippen LogP contribution is 2.25. The van der Waals surface area contributed by atoms with Crippen LogP contribution in [0.2, 0.25) is 0 Å². The number of aryl methyl sites for hydroxylation is 2. The van der Waals surface area contributed by atoms with Gasteiger partial charge in [-0.1, -0.05) is 18.2 Å². The maximum atomic E-state index is 8.54. The van der Waals surface area contributed by atoms with Gasteiger partial charge in [0.15, 0.2) is 6.61 Å². The number of nitriles is 1. The SMILES string of the molecule is N#CCOc1cccc(CNc2ccc3c(c2)CCC3)c1. The first-order chi connectivity index (χ1) is 10.3. The van der Waals surface area contributed by atoms with Crippen molar-refractivity contribution in [3.05, 3.63) is 59.2 Å². The van der Waals surface area contributed by atoms with E-state index in [1.165, 1.54) is 36.1 Å². The molecule has 2 aromatic carbocycles. The molecular weight excluding hydrogens is 260 g/mol. The Hall–Kier alpha value is -2.47. The summed E-state index contributed by atoms with van der Waals surface area (Å²) < 4.78 is 5.32. The minimum Gasteiger partial charge on any atom is -0.479 e. The van der Waals surface area contributed by atoms with Crippen LogP contribution in [-0.4, -0.2) is 6.61 Å². The fourth-order valence-electron chi connectivity index (χ4n) is 2.75. The van der Waals surface area contributed by atoms with Gasteiger partial charge in [-0.3, -0.25) is 0 Å². The summed E-state index contributed by atoms with van der Waals surface area (Å²) in [7, 11) is 0. The molecule has 0 bridgehead atoms. The van der Waals surface area contributed by atoms with E-state index < -0.39 is 0 Å². The van der Waals surface area contributed by atoms with Crippen molar-refractivity contribution in [3.8, 4) is 11.8 Å². The van der Waals surface area contributed by atoms with Crippen molar-refractivity contribution >= 4 is 5.69 Å². The highest BCUT2D eigenvalue weighted by molar-refractivity contribution is 5.50. The van der Waals surface area contributed by atoms with Gasteiger partial charge in [0.1, 0.15) is 11.8 Å². The Morgan fingerprint density at radius 3 is 2.90 bits per heavy atom. The average molecular weight is 278 g/mol. The predicted molar refractivity (Wildman–Crippen MR) is 83.3 cm³/mol.